The van der Waals surface area contributed by atoms with Crippen molar-refractivity contribution in [2.75, 3.05) is 0 Å². The molecule has 0 aliphatic heterocycles. The van der Waals surface area contributed by atoms with E-state index >= 15 is 0 Å². The summed E-state index contributed by atoms with van der Waals surface area (Å²) in [6, 6.07) is 16.3. The van der Waals surface area contributed by atoms with Crippen LogP contribution in [-0.4, -0.2) is 17.3 Å². The molecule has 8 atom stereocenters. The number of carbonyl (C=O) groups is 1. The number of nitro groups is 1. The van der Waals surface area contributed by atoms with E-state index in [1.54, 1.807) is 0 Å². The summed E-state index contributed by atoms with van der Waals surface area (Å²) in [7, 11) is 0. The van der Waals surface area contributed by atoms with Crippen LogP contribution in [0.5, 0.6) is 0 Å². The van der Waals surface area contributed by atoms with Gasteiger partial charge in [-0.15, -0.1) is 0 Å². The van der Waals surface area contributed by atoms with Crippen LogP contribution in [0, 0.1) is 39.2 Å². The van der Waals surface area contributed by atoms with Gasteiger partial charge in [0.2, 0.25) is 6.04 Å². The maximum absolute atomic E-state index is 13.1. The lowest BCUT2D eigenvalue weighted by Crippen LogP contribution is -2.62. The Labute approximate surface area is 193 Å². The van der Waals surface area contributed by atoms with Crippen molar-refractivity contribution in [2.24, 2.45) is 29.1 Å². The van der Waals surface area contributed by atoms with Crippen LogP contribution < -0.4 is 0 Å². The lowest BCUT2D eigenvalue weighted by molar-refractivity contribution is -0.542. The van der Waals surface area contributed by atoms with Gasteiger partial charge in [-0.1, -0.05) is 85.6 Å². The van der Waals surface area contributed by atoms with E-state index in [-0.39, 0.29) is 34.5 Å². The Morgan fingerprint density at radius 1 is 1.06 bits per heavy atom. The van der Waals surface area contributed by atoms with E-state index in [0.717, 1.165) is 36.7 Å². The van der Waals surface area contributed by atoms with Crippen molar-refractivity contribution in [1.82, 2.24) is 0 Å². The number of rotatable bonds is 4. The molecule has 32 heavy (non-hydrogen) atoms. The van der Waals surface area contributed by atoms with E-state index in [9.17, 15) is 14.9 Å². The number of benzene rings is 2. The molecular weight excluding hydrogens is 422 g/mol. The zero-order chi connectivity index (χ0) is 22.5. The number of hydrogen-bond donors (Lipinski definition) is 0. The normalized spacial score (nSPS) is 38.0. The van der Waals surface area contributed by atoms with E-state index in [0.29, 0.717) is 5.02 Å². The van der Waals surface area contributed by atoms with Crippen molar-refractivity contribution < 1.29 is 9.72 Å². The summed E-state index contributed by atoms with van der Waals surface area (Å²) in [6.07, 6.45) is 8.44. The first-order valence-electron chi connectivity index (χ1n) is 11.6. The second kappa shape index (κ2) is 8.15. The van der Waals surface area contributed by atoms with Crippen LogP contribution in [0.3, 0.4) is 0 Å². The van der Waals surface area contributed by atoms with Crippen LogP contribution in [0.4, 0.5) is 0 Å². The fraction of sp³-hybridized carbons (Fsp3) is 0.444. The Morgan fingerprint density at radius 3 is 2.47 bits per heavy atom. The topological polar surface area (TPSA) is 60.2 Å². The first-order chi connectivity index (χ1) is 15.5. The Kier molecular flexibility index (Phi) is 5.45. The van der Waals surface area contributed by atoms with Crippen molar-refractivity contribution in [3.63, 3.8) is 0 Å². The van der Waals surface area contributed by atoms with Gasteiger partial charge in [0.25, 0.3) is 0 Å². The number of nitrogens with zero attached hydrogens (tertiary/aromatic N) is 1. The molecule has 3 aliphatic rings. The van der Waals surface area contributed by atoms with Crippen LogP contribution in [0.2, 0.25) is 5.02 Å². The van der Waals surface area contributed by atoms with E-state index in [1.807, 2.05) is 54.6 Å². The van der Waals surface area contributed by atoms with Crippen LogP contribution >= 0.6 is 11.6 Å². The van der Waals surface area contributed by atoms with Gasteiger partial charge in [-0.2, -0.15) is 0 Å². The number of halogens is 1. The van der Waals surface area contributed by atoms with Crippen LogP contribution in [0.1, 0.15) is 49.1 Å². The Balaban J connectivity index is 1.82. The van der Waals surface area contributed by atoms with Crippen molar-refractivity contribution in [1.29, 1.82) is 0 Å². The standard InChI is InChI=1S/C27H28ClNO3/c1-17-14-15-19-10-7-12-21-23(20-11-5-6-13-22(20)28)26(29(31)32)25(18-8-3-2-4-9-18)27(17,16-30)24(19)21/h2-6,8-9,11,13-17,19,21,23-26H,7,10,12H2,1H3/t17-,19+,21-,23-,24+,25+,26-,27+/m1/s1. The van der Waals surface area contributed by atoms with Gasteiger partial charge in [-0.3, -0.25) is 10.1 Å². The Hall–Kier alpha value is -2.46. The molecule has 0 spiro atoms. The number of aldehydes is 1. The van der Waals surface area contributed by atoms with E-state index in [2.05, 4.69) is 19.1 Å². The summed E-state index contributed by atoms with van der Waals surface area (Å²) in [5.41, 5.74) is 0.925. The van der Waals surface area contributed by atoms with Crippen LogP contribution in [0.25, 0.3) is 0 Å². The lowest BCUT2D eigenvalue weighted by Gasteiger charge is -2.61. The molecule has 0 heterocycles. The van der Waals surface area contributed by atoms with Crippen molar-refractivity contribution in [3.8, 4) is 0 Å². The number of allylic oxidation sites excluding steroid dienone is 2. The van der Waals surface area contributed by atoms with E-state index in [4.69, 9.17) is 11.6 Å². The maximum atomic E-state index is 13.1. The van der Waals surface area contributed by atoms with Gasteiger partial charge in [0.15, 0.2) is 0 Å². The molecule has 0 amide bonds. The molecule has 0 N–H and O–H groups in total. The highest BCUT2D eigenvalue weighted by Crippen LogP contribution is 2.67. The summed E-state index contributed by atoms with van der Waals surface area (Å²) in [5.74, 6) is -0.540. The Bertz CT molecular complexity index is 1050. The van der Waals surface area contributed by atoms with Crippen LogP contribution in [-0.2, 0) is 4.79 Å². The summed E-state index contributed by atoms with van der Waals surface area (Å²) in [6.45, 7) is 2.07. The summed E-state index contributed by atoms with van der Waals surface area (Å²) in [4.78, 5) is 25.9. The zero-order valence-electron chi connectivity index (χ0n) is 18.1. The van der Waals surface area contributed by atoms with Gasteiger partial charge in [-0.05, 0) is 53.7 Å². The highest BCUT2D eigenvalue weighted by atomic mass is 35.5. The minimum absolute atomic E-state index is 0.0432. The minimum Gasteiger partial charge on any atom is -0.303 e. The molecule has 166 valence electrons. The highest BCUT2D eigenvalue weighted by molar-refractivity contribution is 6.31. The van der Waals surface area contributed by atoms with Gasteiger partial charge in [0.05, 0.1) is 11.8 Å². The maximum Gasteiger partial charge on any atom is 0.227 e. The minimum atomic E-state index is -0.920. The molecule has 0 bridgehead atoms. The molecule has 2 aromatic carbocycles. The average molecular weight is 450 g/mol. The quantitative estimate of drug-likeness (QED) is 0.238. The summed E-state index contributed by atoms with van der Waals surface area (Å²) in [5, 5.41) is 13.4. The largest absolute Gasteiger partial charge is 0.303 e. The third-order valence-electron chi connectivity index (χ3n) is 8.59. The molecule has 0 radical (unpaired) electrons. The molecule has 2 saturated carbocycles. The van der Waals surface area contributed by atoms with Gasteiger partial charge in [0, 0.05) is 15.4 Å². The summed E-state index contributed by atoms with van der Waals surface area (Å²) < 4.78 is 0. The van der Waals surface area contributed by atoms with Gasteiger partial charge < -0.3 is 4.79 Å². The van der Waals surface area contributed by atoms with Crippen LogP contribution in [0.15, 0.2) is 66.7 Å². The molecular formula is C27H28ClNO3. The fourth-order valence-electron chi connectivity index (χ4n) is 7.47. The van der Waals surface area contributed by atoms with E-state index in [1.165, 1.54) is 0 Å². The number of carbonyl (C=O) groups excluding carboxylic acids is 1. The number of hydrogen-bond acceptors (Lipinski definition) is 3. The molecule has 2 aromatic rings. The second-order valence-corrected chi connectivity index (χ2v) is 10.2. The molecule has 4 nitrogen and oxygen atoms in total. The predicted octanol–water partition coefficient (Wildman–Crippen LogP) is 6.29. The molecule has 5 heteroatoms. The highest BCUT2D eigenvalue weighted by Gasteiger charge is 2.68. The SMILES string of the molecule is C[C@@H]1C=C[C@@H]2CCC[C@@H]3[C@@H](c4ccccc4Cl)[C@@H]([N+](=O)[O-])[C@H](c4ccccc4)[C@]1(C=O)[C@H]32. The van der Waals surface area contributed by atoms with Crippen molar-refractivity contribution in [2.45, 2.75) is 44.1 Å². The van der Waals surface area contributed by atoms with Crippen molar-refractivity contribution in [3.05, 3.63) is 93.0 Å². The molecule has 2 fully saturated rings. The van der Waals surface area contributed by atoms with Crippen molar-refractivity contribution >= 4 is 17.9 Å². The van der Waals surface area contributed by atoms with Gasteiger partial charge in [-0.25, -0.2) is 0 Å². The first-order valence-corrected chi connectivity index (χ1v) is 12.0. The molecule has 0 saturated heterocycles. The lowest BCUT2D eigenvalue weighted by atomic mass is 9.41. The average Bonchev–Trinajstić information content (AvgIpc) is 2.81. The van der Waals surface area contributed by atoms with Gasteiger partial charge in [0.1, 0.15) is 6.29 Å². The third-order valence-corrected chi connectivity index (χ3v) is 8.93. The molecule has 3 aliphatic carbocycles. The molecule has 5 rings (SSSR count). The predicted molar refractivity (Wildman–Crippen MR) is 125 cm³/mol. The zero-order valence-corrected chi connectivity index (χ0v) is 18.9. The van der Waals surface area contributed by atoms with Gasteiger partial charge >= 0.3 is 0 Å². The molecule has 0 unspecified atom stereocenters. The smallest absolute Gasteiger partial charge is 0.227 e. The molecule has 0 aromatic heterocycles. The summed E-state index contributed by atoms with van der Waals surface area (Å²) >= 11 is 6.66. The fourth-order valence-corrected chi connectivity index (χ4v) is 7.73. The first kappa shape index (κ1) is 21.4. The second-order valence-electron chi connectivity index (χ2n) is 9.79. The Morgan fingerprint density at radius 2 is 1.78 bits per heavy atom. The monoisotopic (exact) mass is 449 g/mol. The van der Waals surface area contributed by atoms with E-state index < -0.39 is 17.4 Å². The third kappa shape index (κ3) is 2.99.